The van der Waals surface area contributed by atoms with Crippen molar-refractivity contribution in [2.75, 3.05) is 6.54 Å². The maximum Gasteiger partial charge on any atom is 0.157 e. The summed E-state index contributed by atoms with van der Waals surface area (Å²) in [4.78, 5) is 8.13. The summed E-state index contributed by atoms with van der Waals surface area (Å²) in [6, 6.07) is 9.45. The molecule has 4 nitrogen and oxygen atoms in total. The van der Waals surface area contributed by atoms with Crippen molar-refractivity contribution in [3.8, 4) is 0 Å². The molecule has 5 heteroatoms. The lowest BCUT2D eigenvalue weighted by Crippen LogP contribution is -2.21. The van der Waals surface area contributed by atoms with Crippen molar-refractivity contribution in [3.63, 3.8) is 0 Å². The number of hydrogen-bond acceptors (Lipinski definition) is 4. The largest absolute Gasteiger partial charge is 0.384 e. The molecule has 3 N–H and O–H groups in total. The van der Waals surface area contributed by atoms with Crippen molar-refractivity contribution in [3.05, 3.63) is 58.6 Å². The minimum absolute atomic E-state index is 0.218. The van der Waals surface area contributed by atoms with Crippen LogP contribution in [-0.2, 0) is 0 Å². The molecular weight excluding hydrogens is 294 g/mol. The number of halogens is 1. The van der Waals surface area contributed by atoms with Gasteiger partial charge in [-0.25, -0.2) is 9.97 Å². The van der Waals surface area contributed by atoms with E-state index in [0.717, 1.165) is 10.0 Å². The van der Waals surface area contributed by atoms with E-state index in [1.165, 1.54) is 0 Å². The van der Waals surface area contributed by atoms with Gasteiger partial charge < -0.3 is 10.8 Å². The third kappa shape index (κ3) is 2.93. The van der Waals surface area contributed by atoms with Gasteiger partial charge >= 0.3 is 0 Å². The first kappa shape index (κ1) is 13.1. The average molecular weight is 308 g/mol. The molecule has 1 aromatic carbocycles. The zero-order valence-corrected chi connectivity index (χ0v) is 11.3. The van der Waals surface area contributed by atoms with Gasteiger partial charge in [0.15, 0.2) is 5.82 Å². The summed E-state index contributed by atoms with van der Waals surface area (Å²) in [6.07, 6.45) is 2.42. The molecule has 0 bridgehead atoms. The first-order valence-electron chi connectivity index (χ1n) is 5.63. The van der Waals surface area contributed by atoms with E-state index in [4.69, 9.17) is 5.73 Å². The molecule has 1 aromatic heterocycles. The summed E-state index contributed by atoms with van der Waals surface area (Å²) < 4.78 is 0.958. The molecule has 2 atom stereocenters. The number of aliphatic hydroxyl groups is 1. The van der Waals surface area contributed by atoms with Crippen LogP contribution in [0.15, 0.2) is 47.2 Å². The van der Waals surface area contributed by atoms with Crippen LogP contribution >= 0.6 is 15.9 Å². The molecule has 0 aliphatic carbocycles. The fourth-order valence-electron chi connectivity index (χ4n) is 1.83. The average Bonchev–Trinajstić information content (AvgIpc) is 2.40. The second kappa shape index (κ2) is 6.04. The number of nitrogens with zero attached hydrogens (tertiary/aromatic N) is 2. The highest BCUT2D eigenvalue weighted by Gasteiger charge is 2.23. The molecule has 0 saturated heterocycles. The number of hydrogen-bond donors (Lipinski definition) is 2. The molecule has 0 saturated carbocycles. The number of rotatable bonds is 4. The number of aliphatic hydroxyl groups excluding tert-OH is 1. The van der Waals surface area contributed by atoms with Crippen LogP contribution in [0.1, 0.15) is 23.4 Å². The first-order valence-corrected chi connectivity index (χ1v) is 6.42. The first-order chi connectivity index (χ1) is 8.72. The molecule has 2 rings (SSSR count). The molecule has 0 fully saturated rings. The van der Waals surface area contributed by atoms with Gasteiger partial charge in [0.25, 0.3) is 0 Å². The lowest BCUT2D eigenvalue weighted by atomic mass is 9.93. The Morgan fingerprint density at radius 2 is 1.94 bits per heavy atom. The highest BCUT2D eigenvalue weighted by Crippen LogP contribution is 2.29. The molecule has 0 radical (unpaired) electrons. The molecule has 0 amide bonds. The summed E-state index contributed by atoms with van der Waals surface area (Å²) >= 11 is 3.41. The van der Waals surface area contributed by atoms with Crippen molar-refractivity contribution in [1.29, 1.82) is 0 Å². The maximum absolute atomic E-state index is 10.3. The van der Waals surface area contributed by atoms with Crippen molar-refractivity contribution in [1.82, 2.24) is 9.97 Å². The van der Waals surface area contributed by atoms with E-state index >= 15 is 0 Å². The van der Waals surface area contributed by atoms with Crippen LogP contribution in [0.2, 0.25) is 0 Å². The Kier molecular flexibility index (Phi) is 4.41. The monoisotopic (exact) mass is 307 g/mol. The van der Waals surface area contributed by atoms with Crippen LogP contribution in [0.5, 0.6) is 0 Å². The maximum atomic E-state index is 10.3. The van der Waals surface area contributed by atoms with E-state index in [0.29, 0.717) is 12.4 Å². The van der Waals surface area contributed by atoms with E-state index in [9.17, 15) is 5.11 Å². The zero-order valence-electron chi connectivity index (χ0n) is 9.70. The topological polar surface area (TPSA) is 72.0 Å². The molecule has 0 aliphatic heterocycles. The van der Waals surface area contributed by atoms with Crippen LogP contribution in [0.4, 0.5) is 0 Å². The van der Waals surface area contributed by atoms with Gasteiger partial charge in [-0.1, -0.05) is 28.1 Å². The smallest absolute Gasteiger partial charge is 0.157 e. The summed E-state index contributed by atoms with van der Waals surface area (Å²) in [7, 11) is 0. The highest BCUT2D eigenvalue weighted by molar-refractivity contribution is 9.10. The van der Waals surface area contributed by atoms with E-state index < -0.39 is 6.10 Å². The van der Waals surface area contributed by atoms with Crippen molar-refractivity contribution >= 4 is 15.9 Å². The molecule has 2 unspecified atom stereocenters. The van der Waals surface area contributed by atoms with Gasteiger partial charge in [-0.2, -0.15) is 0 Å². The van der Waals surface area contributed by atoms with Crippen LogP contribution < -0.4 is 5.73 Å². The van der Waals surface area contributed by atoms with Gasteiger partial charge in [-0.3, -0.25) is 0 Å². The number of aromatic nitrogens is 2. The van der Waals surface area contributed by atoms with Gasteiger partial charge in [-0.15, -0.1) is 0 Å². The standard InChI is InChI=1S/C13H14BrN3O/c14-10-4-1-3-9(7-10)11(8-15)12(18)13-16-5-2-6-17-13/h1-7,11-12,18H,8,15H2. The van der Waals surface area contributed by atoms with E-state index in [2.05, 4.69) is 25.9 Å². The zero-order chi connectivity index (χ0) is 13.0. The van der Waals surface area contributed by atoms with Gasteiger partial charge in [0, 0.05) is 29.3 Å². The second-order valence-corrected chi connectivity index (χ2v) is 4.86. The highest BCUT2D eigenvalue weighted by atomic mass is 79.9. The minimum atomic E-state index is -0.800. The van der Waals surface area contributed by atoms with Crippen LogP contribution in [0, 0.1) is 0 Å². The van der Waals surface area contributed by atoms with Gasteiger partial charge in [0.05, 0.1) is 0 Å². The van der Waals surface area contributed by atoms with Crippen LogP contribution in [0.3, 0.4) is 0 Å². The lowest BCUT2D eigenvalue weighted by Gasteiger charge is -2.20. The number of nitrogens with two attached hydrogens (primary N) is 1. The van der Waals surface area contributed by atoms with Crippen molar-refractivity contribution in [2.45, 2.75) is 12.0 Å². The molecule has 94 valence electrons. The summed E-state index contributed by atoms with van der Waals surface area (Å²) in [5.41, 5.74) is 6.73. The summed E-state index contributed by atoms with van der Waals surface area (Å²) in [5, 5.41) is 10.3. The Labute approximate surface area is 114 Å². The molecule has 18 heavy (non-hydrogen) atoms. The van der Waals surface area contributed by atoms with E-state index in [-0.39, 0.29) is 5.92 Å². The Balaban J connectivity index is 2.29. The normalized spacial score (nSPS) is 14.2. The van der Waals surface area contributed by atoms with Crippen molar-refractivity contribution < 1.29 is 5.11 Å². The fourth-order valence-corrected chi connectivity index (χ4v) is 2.24. The molecule has 0 spiro atoms. The summed E-state index contributed by atoms with van der Waals surface area (Å²) in [5.74, 6) is 0.179. The van der Waals surface area contributed by atoms with Gasteiger partial charge in [0.2, 0.25) is 0 Å². The van der Waals surface area contributed by atoms with Crippen LogP contribution in [0.25, 0.3) is 0 Å². The molecular formula is C13H14BrN3O. The molecule has 0 aliphatic rings. The van der Waals surface area contributed by atoms with Crippen molar-refractivity contribution in [2.24, 2.45) is 5.73 Å². The third-order valence-corrected chi connectivity index (χ3v) is 3.26. The minimum Gasteiger partial charge on any atom is -0.384 e. The Morgan fingerprint density at radius 1 is 1.22 bits per heavy atom. The number of benzene rings is 1. The van der Waals surface area contributed by atoms with Crippen LogP contribution in [-0.4, -0.2) is 21.6 Å². The third-order valence-electron chi connectivity index (χ3n) is 2.76. The SMILES string of the molecule is NCC(c1cccc(Br)c1)C(O)c1ncccn1. The lowest BCUT2D eigenvalue weighted by molar-refractivity contribution is 0.138. The van der Waals surface area contributed by atoms with E-state index in [1.54, 1.807) is 18.5 Å². The quantitative estimate of drug-likeness (QED) is 0.906. The Morgan fingerprint density at radius 3 is 2.56 bits per heavy atom. The Hall–Kier alpha value is -1.30. The molecule has 2 aromatic rings. The fraction of sp³-hybridized carbons (Fsp3) is 0.231. The predicted molar refractivity (Wildman–Crippen MR) is 72.9 cm³/mol. The summed E-state index contributed by atoms with van der Waals surface area (Å²) in [6.45, 7) is 0.329. The Bertz CT molecular complexity index is 507. The second-order valence-electron chi connectivity index (χ2n) is 3.95. The predicted octanol–water partition coefficient (Wildman–Crippen LogP) is 2.01. The van der Waals surface area contributed by atoms with Gasteiger partial charge in [-0.05, 0) is 23.8 Å². The van der Waals surface area contributed by atoms with E-state index in [1.807, 2.05) is 24.3 Å². The molecule has 1 heterocycles. The van der Waals surface area contributed by atoms with Gasteiger partial charge in [0.1, 0.15) is 6.10 Å².